The van der Waals surface area contributed by atoms with Crippen LogP contribution in [0.4, 0.5) is 0 Å². The SMILES string of the molecule is CNCCCNCC1CCN(C)CC1. The summed E-state index contributed by atoms with van der Waals surface area (Å²) in [5, 5.41) is 6.71. The molecule has 0 aromatic rings. The lowest BCUT2D eigenvalue weighted by Crippen LogP contribution is -2.35. The van der Waals surface area contributed by atoms with Crippen LogP contribution in [0.25, 0.3) is 0 Å². The molecule has 0 aliphatic carbocycles. The molecule has 0 atom stereocenters. The van der Waals surface area contributed by atoms with Crippen LogP contribution in [0.1, 0.15) is 19.3 Å². The highest BCUT2D eigenvalue weighted by molar-refractivity contribution is 4.71. The summed E-state index contributed by atoms with van der Waals surface area (Å²) in [6.45, 7) is 6.07. The first kappa shape index (κ1) is 12.0. The third-order valence-electron chi connectivity index (χ3n) is 3.05. The first-order valence-electron chi connectivity index (χ1n) is 5.87. The Morgan fingerprint density at radius 1 is 1.21 bits per heavy atom. The summed E-state index contributed by atoms with van der Waals surface area (Å²) in [6, 6.07) is 0. The topological polar surface area (TPSA) is 27.3 Å². The second kappa shape index (κ2) is 7.21. The summed E-state index contributed by atoms with van der Waals surface area (Å²) in [5.74, 6) is 0.917. The highest BCUT2D eigenvalue weighted by atomic mass is 15.1. The summed E-state index contributed by atoms with van der Waals surface area (Å²) < 4.78 is 0. The highest BCUT2D eigenvalue weighted by Gasteiger charge is 2.15. The average molecular weight is 199 g/mol. The van der Waals surface area contributed by atoms with Crippen LogP contribution >= 0.6 is 0 Å². The lowest BCUT2D eigenvalue weighted by atomic mass is 9.97. The van der Waals surface area contributed by atoms with Crippen molar-refractivity contribution >= 4 is 0 Å². The molecule has 3 heteroatoms. The van der Waals surface area contributed by atoms with Gasteiger partial charge in [-0.15, -0.1) is 0 Å². The van der Waals surface area contributed by atoms with Crippen LogP contribution in [-0.4, -0.2) is 51.7 Å². The predicted molar refractivity (Wildman–Crippen MR) is 61.6 cm³/mol. The van der Waals surface area contributed by atoms with Crippen molar-refractivity contribution in [2.24, 2.45) is 5.92 Å². The molecule has 0 bridgehead atoms. The Balaban J connectivity index is 1.91. The Kier molecular flexibility index (Phi) is 6.15. The summed E-state index contributed by atoms with van der Waals surface area (Å²) >= 11 is 0. The van der Waals surface area contributed by atoms with Gasteiger partial charge in [0.05, 0.1) is 0 Å². The van der Waals surface area contributed by atoms with Gasteiger partial charge in [0.1, 0.15) is 0 Å². The molecule has 0 radical (unpaired) electrons. The van der Waals surface area contributed by atoms with E-state index >= 15 is 0 Å². The predicted octanol–water partition coefficient (Wildman–Crippen LogP) is 0.527. The fourth-order valence-corrected chi connectivity index (χ4v) is 1.96. The molecule has 1 fully saturated rings. The number of piperidine rings is 1. The zero-order chi connectivity index (χ0) is 10.2. The Bertz CT molecular complexity index is 130. The molecule has 1 rings (SSSR count). The molecule has 2 N–H and O–H groups in total. The molecule has 1 aliphatic rings. The van der Waals surface area contributed by atoms with Crippen molar-refractivity contribution < 1.29 is 0 Å². The van der Waals surface area contributed by atoms with Crippen LogP contribution in [0, 0.1) is 5.92 Å². The zero-order valence-electron chi connectivity index (χ0n) is 9.68. The Morgan fingerprint density at radius 3 is 2.57 bits per heavy atom. The molecular weight excluding hydrogens is 174 g/mol. The van der Waals surface area contributed by atoms with Crippen LogP contribution in [0.2, 0.25) is 0 Å². The normalized spacial score (nSPS) is 20.1. The molecule has 14 heavy (non-hydrogen) atoms. The van der Waals surface area contributed by atoms with Crippen LogP contribution in [0.3, 0.4) is 0 Å². The van der Waals surface area contributed by atoms with Gasteiger partial charge in [-0.1, -0.05) is 0 Å². The van der Waals surface area contributed by atoms with Gasteiger partial charge in [0.25, 0.3) is 0 Å². The Hall–Kier alpha value is -0.120. The van der Waals surface area contributed by atoms with Crippen molar-refractivity contribution in [2.75, 3.05) is 46.8 Å². The van der Waals surface area contributed by atoms with Crippen molar-refractivity contribution in [3.05, 3.63) is 0 Å². The average Bonchev–Trinajstić information content (AvgIpc) is 2.21. The van der Waals surface area contributed by atoms with Gasteiger partial charge in [-0.3, -0.25) is 0 Å². The van der Waals surface area contributed by atoms with Crippen molar-refractivity contribution in [3.8, 4) is 0 Å². The van der Waals surface area contributed by atoms with Gasteiger partial charge < -0.3 is 15.5 Å². The quantitative estimate of drug-likeness (QED) is 0.611. The molecule has 0 spiro atoms. The molecule has 0 aromatic heterocycles. The van der Waals surface area contributed by atoms with Gasteiger partial charge in [-0.2, -0.15) is 0 Å². The maximum absolute atomic E-state index is 3.55. The van der Waals surface area contributed by atoms with Crippen molar-refractivity contribution in [3.63, 3.8) is 0 Å². The number of rotatable bonds is 6. The van der Waals surface area contributed by atoms with E-state index in [1.165, 1.54) is 38.9 Å². The van der Waals surface area contributed by atoms with E-state index in [0.717, 1.165) is 19.0 Å². The minimum atomic E-state index is 0.917. The molecule has 3 nitrogen and oxygen atoms in total. The smallest absolute Gasteiger partial charge is 0.00187 e. The molecule has 1 aliphatic heterocycles. The van der Waals surface area contributed by atoms with Crippen LogP contribution < -0.4 is 10.6 Å². The van der Waals surface area contributed by atoms with Gasteiger partial charge in [0.2, 0.25) is 0 Å². The second-order valence-corrected chi connectivity index (χ2v) is 4.41. The van der Waals surface area contributed by atoms with Crippen molar-refractivity contribution in [1.82, 2.24) is 15.5 Å². The van der Waals surface area contributed by atoms with E-state index in [-0.39, 0.29) is 0 Å². The minimum absolute atomic E-state index is 0.917. The lowest BCUT2D eigenvalue weighted by molar-refractivity contribution is 0.216. The lowest BCUT2D eigenvalue weighted by Gasteiger charge is -2.29. The largest absolute Gasteiger partial charge is 0.320 e. The fraction of sp³-hybridized carbons (Fsp3) is 1.00. The number of hydrogen-bond donors (Lipinski definition) is 2. The molecule has 1 saturated heterocycles. The molecule has 0 unspecified atom stereocenters. The summed E-state index contributed by atoms with van der Waals surface area (Å²) in [7, 11) is 4.23. The maximum Gasteiger partial charge on any atom is -0.00187 e. The van der Waals surface area contributed by atoms with Crippen LogP contribution in [-0.2, 0) is 0 Å². The van der Waals surface area contributed by atoms with Crippen molar-refractivity contribution in [2.45, 2.75) is 19.3 Å². The van der Waals surface area contributed by atoms with Crippen molar-refractivity contribution in [1.29, 1.82) is 0 Å². The van der Waals surface area contributed by atoms with Gasteiger partial charge in [0, 0.05) is 0 Å². The maximum atomic E-state index is 3.55. The Morgan fingerprint density at radius 2 is 1.93 bits per heavy atom. The van der Waals surface area contributed by atoms with E-state index in [4.69, 9.17) is 0 Å². The Labute approximate surface area is 88.2 Å². The van der Waals surface area contributed by atoms with E-state index in [9.17, 15) is 0 Å². The highest BCUT2D eigenvalue weighted by Crippen LogP contribution is 2.14. The van der Waals surface area contributed by atoms with E-state index in [1.54, 1.807) is 0 Å². The van der Waals surface area contributed by atoms with Gasteiger partial charge in [0.15, 0.2) is 0 Å². The zero-order valence-corrected chi connectivity index (χ0v) is 9.68. The van der Waals surface area contributed by atoms with Gasteiger partial charge >= 0.3 is 0 Å². The van der Waals surface area contributed by atoms with E-state index in [2.05, 4.69) is 22.6 Å². The molecular formula is C11H25N3. The first-order chi connectivity index (χ1) is 6.83. The van der Waals surface area contributed by atoms with Gasteiger partial charge in [-0.05, 0) is 72.0 Å². The molecule has 84 valence electrons. The van der Waals surface area contributed by atoms with Crippen LogP contribution in [0.5, 0.6) is 0 Å². The minimum Gasteiger partial charge on any atom is -0.320 e. The molecule has 0 amide bonds. The number of nitrogens with one attached hydrogen (secondary N) is 2. The number of hydrogen-bond acceptors (Lipinski definition) is 3. The third-order valence-corrected chi connectivity index (χ3v) is 3.05. The third kappa shape index (κ3) is 4.94. The fourth-order valence-electron chi connectivity index (χ4n) is 1.96. The monoisotopic (exact) mass is 199 g/mol. The number of nitrogens with zero attached hydrogens (tertiary/aromatic N) is 1. The first-order valence-corrected chi connectivity index (χ1v) is 5.87. The summed E-state index contributed by atoms with van der Waals surface area (Å²) in [6.07, 6.45) is 3.98. The van der Waals surface area contributed by atoms with E-state index in [0.29, 0.717) is 0 Å². The second-order valence-electron chi connectivity index (χ2n) is 4.41. The van der Waals surface area contributed by atoms with E-state index < -0.39 is 0 Å². The van der Waals surface area contributed by atoms with Crippen LogP contribution in [0.15, 0.2) is 0 Å². The summed E-state index contributed by atoms with van der Waals surface area (Å²) in [4.78, 5) is 2.43. The standard InChI is InChI=1S/C11H25N3/c1-12-6-3-7-13-10-11-4-8-14(2)9-5-11/h11-13H,3-10H2,1-2H3. The van der Waals surface area contributed by atoms with Gasteiger partial charge in [-0.25, -0.2) is 0 Å². The molecule has 1 heterocycles. The summed E-state index contributed by atoms with van der Waals surface area (Å²) in [5.41, 5.74) is 0. The number of likely N-dealkylation sites (tertiary alicyclic amines) is 1. The molecule has 0 aromatic carbocycles. The van der Waals surface area contributed by atoms with E-state index in [1.807, 2.05) is 7.05 Å². The molecule has 0 saturated carbocycles.